The summed E-state index contributed by atoms with van der Waals surface area (Å²) in [6, 6.07) is 13.1. The molecule has 0 unspecified atom stereocenters. The van der Waals surface area contributed by atoms with Crippen LogP contribution < -0.4 is 0 Å². The van der Waals surface area contributed by atoms with E-state index in [9.17, 15) is 4.79 Å². The SMILES string of the molecule is CC(=O)N1CC[C@H]2[C@H](CCCN2Cc2ccccc2-c2ccco2)C1. The van der Waals surface area contributed by atoms with Crippen molar-refractivity contribution in [3.05, 3.63) is 48.2 Å². The predicted molar refractivity (Wildman–Crippen MR) is 97.9 cm³/mol. The average molecular weight is 338 g/mol. The molecule has 0 saturated carbocycles. The van der Waals surface area contributed by atoms with Crippen LogP contribution in [-0.4, -0.2) is 41.4 Å². The molecule has 4 heteroatoms. The highest BCUT2D eigenvalue weighted by molar-refractivity contribution is 5.73. The molecule has 25 heavy (non-hydrogen) atoms. The van der Waals surface area contributed by atoms with Crippen LogP contribution in [0.25, 0.3) is 11.3 Å². The molecule has 1 aromatic carbocycles. The number of rotatable bonds is 3. The maximum Gasteiger partial charge on any atom is 0.219 e. The van der Waals surface area contributed by atoms with E-state index in [1.54, 1.807) is 13.2 Å². The second kappa shape index (κ2) is 7.04. The van der Waals surface area contributed by atoms with Crippen LogP contribution in [0.1, 0.15) is 31.7 Å². The normalized spacial score (nSPS) is 24.1. The number of carbonyl (C=O) groups excluding carboxylic acids is 1. The van der Waals surface area contributed by atoms with Crippen molar-refractivity contribution in [2.24, 2.45) is 5.92 Å². The number of amides is 1. The minimum Gasteiger partial charge on any atom is -0.464 e. The van der Waals surface area contributed by atoms with Gasteiger partial charge in [-0.15, -0.1) is 0 Å². The first kappa shape index (κ1) is 16.4. The van der Waals surface area contributed by atoms with Gasteiger partial charge in [0.25, 0.3) is 0 Å². The third-order valence-electron chi connectivity index (χ3n) is 5.81. The highest BCUT2D eigenvalue weighted by Crippen LogP contribution is 2.33. The number of fused-ring (bicyclic) bond motifs is 1. The van der Waals surface area contributed by atoms with Crippen molar-refractivity contribution in [2.75, 3.05) is 19.6 Å². The van der Waals surface area contributed by atoms with Gasteiger partial charge in [-0.25, -0.2) is 0 Å². The molecule has 4 rings (SSSR count). The Kier molecular flexibility index (Phi) is 4.62. The summed E-state index contributed by atoms with van der Waals surface area (Å²) in [5.74, 6) is 1.77. The number of likely N-dealkylation sites (tertiary alicyclic amines) is 2. The maximum atomic E-state index is 11.7. The largest absolute Gasteiger partial charge is 0.464 e. The van der Waals surface area contributed by atoms with E-state index in [1.165, 1.54) is 24.0 Å². The molecule has 132 valence electrons. The molecule has 1 amide bonds. The van der Waals surface area contributed by atoms with Crippen LogP contribution in [0.5, 0.6) is 0 Å². The Morgan fingerprint density at radius 3 is 2.84 bits per heavy atom. The summed E-state index contributed by atoms with van der Waals surface area (Å²) < 4.78 is 5.63. The number of benzene rings is 1. The van der Waals surface area contributed by atoms with Crippen LogP contribution in [0.15, 0.2) is 47.1 Å². The molecular formula is C21H26N2O2. The van der Waals surface area contributed by atoms with Crippen LogP contribution in [-0.2, 0) is 11.3 Å². The standard InChI is InChI=1S/C21H26N2O2/c1-16(24)22-12-10-20-18(15-22)7-4-11-23(20)14-17-6-2-3-8-19(17)21-9-5-13-25-21/h2-3,5-6,8-9,13,18,20H,4,7,10-12,14-15H2,1H3/t18-,20+/m1/s1. The van der Waals surface area contributed by atoms with Crippen LogP contribution in [0.4, 0.5) is 0 Å². The van der Waals surface area contributed by atoms with Gasteiger partial charge in [0.2, 0.25) is 5.91 Å². The number of hydrogen-bond acceptors (Lipinski definition) is 3. The zero-order valence-electron chi connectivity index (χ0n) is 14.9. The number of nitrogens with zero attached hydrogens (tertiary/aromatic N) is 2. The molecule has 2 atom stereocenters. The minimum atomic E-state index is 0.221. The van der Waals surface area contributed by atoms with E-state index < -0.39 is 0 Å². The first-order valence-electron chi connectivity index (χ1n) is 9.33. The van der Waals surface area contributed by atoms with Gasteiger partial charge >= 0.3 is 0 Å². The molecule has 2 saturated heterocycles. The third-order valence-corrected chi connectivity index (χ3v) is 5.81. The van der Waals surface area contributed by atoms with E-state index in [2.05, 4.69) is 29.2 Å². The third kappa shape index (κ3) is 3.36. The number of hydrogen-bond donors (Lipinski definition) is 0. The molecule has 3 heterocycles. The van der Waals surface area contributed by atoms with E-state index in [0.29, 0.717) is 12.0 Å². The Labute approximate surface area is 149 Å². The van der Waals surface area contributed by atoms with Gasteiger partial charge in [0, 0.05) is 38.2 Å². The summed E-state index contributed by atoms with van der Waals surface area (Å²) in [4.78, 5) is 16.4. The van der Waals surface area contributed by atoms with E-state index in [0.717, 1.165) is 38.4 Å². The van der Waals surface area contributed by atoms with Crippen molar-refractivity contribution in [1.29, 1.82) is 0 Å². The van der Waals surface area contributed by atoms with Gasteiger partial charge in [-0.1, -0.05) is 24.3 Å². The summed E-state index contributed by atoms with van der Waals surface area (Å²) in [6.45, 7) is 5.62. The average Bonchev–Trinajstić information content (AvgIpc) is 3.16. The number of carbonyl (C=O) groups is 1. The second-order valence-corrected chi connectivity index (χ2v) is 7.33. The zero-order valence-corrected chi connectivity index (χ0v) is 14.9. The Balaban J connectivity index is 1.53. The van der Waals surface area contributed by atoms with Crippen molar-refractivity contribution in [3.63, 3.8) is 0 Å². The molecule has 1 aromatic heterocycles. The van der Waals surface area contributed by atoms with Gasteiger partial charge < -0.3 is 9.32 Å². The Hall–Kier alpha value is -2.07. The number of furan rings is 1. The fourth-order valence-electron chi connectivity index (χ4n) is 4.54. The highest BCUT2D eigenvalue weighted by atomic mass is 16.3. The minimum absolute atomic E-state index is 0.221. The number of piperidine rings is 2. The quantitative estimate of drug-likeness (QED) is 0.854. The van der Waals surface area contributed by atoms with Crippen LogP contribution in [0.2, 0.25) is 0 Å². The summed E-state index contributed by atoms with van der Waals surface area (Å²) in [7, 11) is 0. The highest BCUT2D eigenvalue weighted by Gasteiger charge is 2.36. The molecule has 0 bridgehead atoms. The lowest BCUT2D eigenvalue weighted by Gasteiger charge is -2.47. The van der Waals surface area contributed by atoms with E-state index in [1.807, 2.05) is 17.0 Å². The van der Waals surface area contributed by atoms with Crippen molar-refractivity contribution >= 4 is 5.91 Å². The molecule has 2 aliphatic rings. The summed E-state index contributed by atoms with van der Waals surface area (Å²) in [5.41, 5.74) is 2.52. The van der Waals surface area contributed by atoms with Gasteiger partial charge in [0.1, 0.15) is 5.76 Å². The fraction of sp³-hybridized carbons (Fsp3) is 0.476. The maximum absolute atomic E-state index is 11.7. The predicted octanol–water partition coefficient (Wildman–Crippen LogP) is 3.78. The molecule has 0 spiro atoms. The van der Waals surface area contributed by atoms with Gasteiger partial charge in [0.05, 0.1) is 6.26 Å². The fourth-order valence-corrected chi connectivity index (χ4v) is 4.54. The van der Waals surface area contributed by atoms with Crippen LogP contribution in [0, 0.1) is 5.92 Å². The Bertz CT molecular complexity index is 725. The van der Waals surface area contributed by atoms with Gasteiger partial charge in [-0.2, -0.15) is 0 Å². The zero-order chi connectivity index (χ0) is 17.2. The molecule has 0 aliphatic carbocycles. The lowest BCUT2D eigenvalue weighted by atomic mass is 9.83. The van der Waals surface area contributed by atoms with Gasteiger partial charge in [0.15, 0.2) is 0 Å². The summed E-state index contributed by atoms with van der Waals surface area (Å²) in [5, 5.41) is 0. The first-order chi connectivity index (χ1) is 12.2. The molecule has 0 radical (unpaired) electrons. The molecule has 2 fully saturated rings. The lowest BCUT2D eigenvalue weighted by molar-refractivity contribution is -0.132. The van der Waals surface area contributed by atoms with Crippen molar-refractivity contribution in [3.8, 4) is 11.3 Å². The van der Waals surface area contributed by atoms with E-state index >= 15 is 0 Å². The van der Waals surface area contributed by atoms with Crippen LogP contribution >= 0.6 is 0 Å². The van der Waals surface area contributed by atoms with Crippen molar-refractivity contribution in [1.82, 2.24) is 9.80 Å². The van der Waals surface area contributed by atoms with Crippen molar-refractivity contribution in [2.45, 2.75) is 38.8 Å². The topological polar surface area (TPSA) is 36.7 Å². The van der Waals surface area contributed by atoms with E-state index in [4.69, 9.17) is 4.42 Å². The Morgan fingerprint density at radius 1 is 1.16 bits per heavy atom. The summed E-state index contributed by atoms with van der Waals surface area (Å²) in [6.07, 6.45) is 5.29. The molecule has 2 aliphatic heterocycles. The molecular weight excluding hydrogens is 312 g/mol. The summed E-state index contributed by atoms with van der Waals surface area (Å²) >= 11 is 0. The van der Waals surface area contributed by atoms with Crippen LogP contribution in [0.3, 0.4) is 0 Å². The molecule has 2 aromatic rings. The second-order valence-electron chi connectivity index (χ2n) is 7.33. The molecule has 0 N–H and O–H groups in total. The molecule has 4 nitrogen and oxygen atoms in total. The van der Waals surface area contributed by atoms with Gasteiger partial charge in [-0.05, 0) is 49.4 Å². The lowest BCUT2D eigenvalue weighted by Crippen LogP contribution is -2.54. The van der Waals surface area contributed by atoms with Crippen molar-refractivity contribution < 1.29 is 9.21 Å². The van der Waals surface area contributed by atoms with E-state index in [-0.39, 0.29) is 5.91 Å². The monoisotopic (exact) mass is 338 g/mol. The first-order valence-corrected chi connectivity index (χ1v) is 9.33. The van der Waals surface area contributed by atoms with Gasteiger partial charge in [-0.3, -0.25) is 9.69 Å². The smallest absolute Gasteiger partial charge is 0.219 e. The Morgan fingerprint density at radius 2 is 2.04 bits per heavy atom.